The van der Waals surface area contributed by atoms with Crippen LogP contribution in [0.15, 0.2) is 0 Å². The maximum absolute atomic E-state index is 9.49. The fourth-order valence-electron chi connectivity index (χ4n) is 1.62. The van der Waals surface area contributed by atoms with Crippen LogP contribution in [0.4, 0.5) is 0 Å². The van der Waals surface area contributed by atoms with Gasteiger partial charge in [-0.2, -0.15) is 0 Å². The van der Waals surface area contributed by atoms with Crippen molar-refractivity contribution < 1.29 is 5.11 Å². The van der Waals surface area contributed by atoms with Crippen LogP contribution in [0.1, 0.15) is 32.1 Å². The van der Waals surface area contributed by atoms with Crippen molar-refractivity contribution in [2.75, 3.05) is 7.05 Å². The van der Waals surface area contributed by atoms with E-state index in [-0.39, 0.29) is 6.10 Å². The number of aliphatic hydroxyl groups is 1. The molecule has 0 radical (unpaired) electrons. The second kappa shape index (κ2) is 3.94. The van der Waals surface area contributed by atoms with Gasteiger partial charge in [-0.25, -0.2) is 0 Å². The number of rotatable bonds is 1. The third-order valence-electron chi connectivity index (χ3n) is 2.35. The van der Waals surface area contributed by atoms with Crippen LogP contribution in [-0.2, 0) is 0 Å². The summed E-state index contributed by atoms with van der Waals surface area (Å²) in [5, 5.41) is 12.6. The van der Waals surface area contributed by atoms with Crippen molar-refractivity contribution in [3.05, 3.63) is 0 Å². The lowest BCUT2D eigenvalue weighted by atomic mass is 10.1. The molecule has 1 fully saturated rings. The zero-order valence-corrected chi connectivity index (χ0v) is 6.64. The maximum Gasteiger partial charge on any atom is 0.0693 e. The molecule has 2 atom stereocenters. The predicted molar refractivity (Wildman–Crippen MR) is 41.9 cm³/mol. The summed E-state index contributed by atoms with van der Waals surface area (Å²) in [5.74, 6) is 0. The van der Waals surface area contributed by atoms with Gasteiger partial charge in [-0.15, -0.1) is 0 Å². The average molecular weight is 143 g/mol. The van der Waals surface area contributed by atoms with Gasteiger partial charge in [0.1, 0.15) is 0 Å². The van der Waals surface area contributed by atoms with Gasteiger partial charge in [0.2, 0.25) is 0 Å². The highest BCUT2D eigenvalue weighted by atomic mass is 16.3. The lowest BCUT2D eigenvalue weighted by molar-refractivity contribution is 0.124. The van der Waals surface area contributed by atoms with E-state index >= 15 is 0 Å². The Morgan fingerprint density at radius 3 is 2.60 bits per heavy atom. The molecule has 60 valence electrons. The first kappa shape index (κ1) is 8.02. The molecule has 0 aromatic carbocycles. The molecule has 2 nitrogen and oxygen atoms in total. The molecule has 2 heteroatoms. The van der Waals surface area contributed by atoms with E-state index in [4.69, 9.17) is 0 Å². The minimum absolute atomic E-state index is 0.104. The van der Waals surface area contributed by atoms with E-state index < -0.39 is 0 Å². The Morgan fingerprint density at radius 1 is 1.20 bits per heavy atom. The smallest absolute Gasteiger partial charge is 0.0693 e. The molecule has 0 amide bonds. The van der Waals surface area contributed by atoms with Gasteiger partial charge >= 0.3 is 0 Å². The first-order chi connectivity index (χ1) is 4.84. The van der Waals surface area contributed by atoms with Gasteiger partial charge in [0.05, 0.1) is 6.10 Å². The quantitative estimate of drug-likeness (QED) is 0.534. The number of hydrogen-bond donors (Lipinski definition) is 2. The summed E-state index contributed by atoms with van der Waals surface area (Å²) in [5.41, 5.74) is 0. The lowest BCUT2D eigenvalue weighted by Crippen LogP contribution is -2.36. The van der Waals surface area contributed by atoms with E-state index in [0.29, 0.717) is 6.04 Å². The Bertz CT molecular complexity index is 95.3. The van der Waals surface area contributed by atoms with Gasteiger partial charge < -0.3 is 10.4 Å². The second-order valence-electron chi connectivity index (χ2n) is 3.10. The van der Waals surface area contributed by atoms with Crippen molar-refractivity contribution in [2.45, 2.75) is 44.2 Å². The van der Waals surface area contributed by atoms with Crippen molar-refractivity contribution in [1.82, 2.24) is 5.32 Å². The minimum atomic E-state index is -0.104. The Kier molecular flexibility index (Phi) is 3.16. The van der Waals surface area contributed by atoms with Gasteiger partial charge in [-0.1, -0.05) is 19.3 Å². The van der Waals surface area contributed by atoms with Crippen LogP contribution < -0.4 is 5.32 Å². The fraction of sp³-hybridized carbons (Fsp3) is 1.00. The van der Waals surface area contributed by atoms with Crippen LogP contribution in [0.3, 0.4) is 0 Å². The molecule has 0 saturated heterocycles. The minimum Gasteiger partial charge on any atom is -0.392 e. The summed E-state index contributed by atoms with van der Waals surface area (Å²) in [7, 11) is 1.93. The summed E-state index contributed by atoms with van der Waals surface area (Å²) in [4.78, 5) is 0. The summed E-state index contributed by atoms with van der Waals surface area (Å²) in [6.45, 7) is 0. The number of likely N-dealkylation sites (N-methyl/N-ethyl adjacent to an activating group) is 1. The number of nitrogens with one attached hydrogen (secondary N) is 1. The molecule has 1 aliphatic carbocycles. The Labute approximate surface area is 62.6 Å². The second-order valence-corrected chi connectivity index (χ2v) is 3.10. The molecule has 0 unspecified atom stereocenters. The molecule has 10 heavy (non-hydrogen) atoms. The van der Waals surface area contributed by atoms with E-state index in [9.17, 15) is 5.11 Å². The van der Waals surface area contributed by atoms with Crippen molar-refractivity contribution in [1.29, 1.82) is 0 Å². The van der Waals surface area contributed by atoms with Crippen molar-refractivity contribution in [3.8, 4) is 0 Å². The van der Waals surface area contributed by atoms with Crippen LogP contribution in [0.5, 0.6) is 0 Å². The molecule has 0 spiro atoms. The van der Waals surface area contributed by atoms with E-state index in [1.54, 1.807) is 0 Å². The highest BCUT2D eigenvalue weighted by molar-refractivity contribution is 4.76. The highest BCUT2D eigenvalue weighted by Crippen LogP contribution is 2.17. The summed E-state index contributed by atoms with van der Waals surface area (Å²) >= 11 is 0. The van der Waals surface area contributed by atoms with Crippen LogP contribution >= 0.6 is 0 Å². The van der Waals surface area contributed by atoms with E-state index in [1.165, 1.54) is 19.3 Å². The van der Waals surface area contributed by atoms with E-state index in [2.05, 4.69) is 5.32 Å². The van der Waals surface area contributed by atoms with Gasteiger partial charge in [-0.05, 0) is 19.9 Å². The van der Waals surface area contributed by atoms with E-state index in [0.717, 1.165) is 12.8 Å². The van der Waals surface area contributed by atoms with Crippen LogP contribution in [0.2, 0.25) is 0 Å². The molecule has 0 bridgehead atoms. The van der Waals surface area contributed by atoms with Gasteiger partial charge in [-0.3, -0.25) is 0 Å². The molecule has 2 N–H and O–H groups in total. The first-order valence-corrected chi connectivity index (χ1v) is 4.20. The standard InChI is InChI=1S/C8H17NO/c1-9-7-5-3-2-4-6-8(7)10/h7-10H,2-6H2,1H3/t7-,8-/m1/s1. The molecule has 1 rings (SSSR count). The van der Waals surface area contributed by atoms with Gasteiger partial charge in [0.15, 0.2) is 0 Å². The summed E-state index contributed by atoms with van der Waals surface area (Å²) in [6.07, 6.45) is 5.76. The molecule has 0 aromatic rings. The zero-order valence-electron chi connectivity index (χ0n) is 6.64. The van der Waals surface area contributed by atoms with E-state index in [1.807, 2.05) is 7.05 Å². The molecular weight excluding hydrogens is 126 g/mol. The summed E-state index contributed by atoms with van der Waals surface area (Å²) < 4.78 is 0. The molecule has 0 aliphatic heterocycles. The topological polar surface area (TPSA) is 32.3 Å². The van der Waals surface area contributed by atoms with Gasteiger partial charge in [0.25, 0.3) is 0 Å². The Hall–Kier alpha value is -0.0800. The fourth-order valence-corrected chi connectivity index (χ4v) is 1.62. The largest absolute Gasteiger partial charge is 0.392 e. The molecular formula is C8H17NO. The van der Waals surface area contributed by atoms with Crippen molar-refractivity contribution >= 4 is 0 Å². The van der Waals surface area contributed by atoms with Crippen molar-refractivity contribution in [3.63, 3.8) is 0 Å². The third kappa shape index (κ3) is 1.96. The lowest BCUT2D eigenvalue weighted by Gasteiger charge is -2.18. The van der Waals surface area contributed by atoms with Crippen LogP contribution in [0, 0.1) is 0 Å². The number of hydrogen-bond acceptors (Lipinski definition) is 2. The Balaban J connectivity index is 2.35. The van der Waals surface area contributed by atoms with Crippen molar-refractivity contribution in [2.24, 2.45) is 0 Å². The Morgan fingerprint density at radius 2 is 1.90 bits per heavy atom. The molecule has 1 aliphatic rings. The zero-order chi connectivity index (χ0) is 7.40. The molecule has 0 aromatic heterocycles. The van der Waals surface area contributed by atoms with Crippen LogP contribution in [0.25, 0.3) is 0 Å². The number of aliphatic hydroxyl groups excluding tert-OH is 1. The first-order valence-electron chi connectivity index (χ1n) is 4.20. The molecule has 0 heterocycles. The maximum atomic E-state index is 9.49. The third-order valence-corrected chi connectivity index (χ3v) is 2.35. The van der Waals surface area contributed by atoms with Crippen LogP contribution in [-0.4, -0.2) is 24.3 Å². The average Bonchev–Trinajstić information content (AvgIpc) is 2.13. The summed E-state index contributed by atoms with van der Waals surface area (Å²) in [6, 6.07) is 0.350. The predicted octanol–water partition coefficient (Wildman–Crippen LogP) is 0.899. The monoisotopic (exact) mass is 143 g/mol. The normalized spacial score (nSPS) is 35.4. The SMILES string of the molecule is CN[C@@H]1CCCCC[C@H]1O. The molecule has 1 saturated carbocycles. The highest BCUT2D eigenvalue weighted by Gasteiger charge is 2.18. The van der Waals surface area contributed by atoms with Gasteiger partial charge in [0, 0.05) is 6.04 Å².